The molecule has 4 aromatic rings. The maximum absolute atomic E-state index is 12.7. The molecule has 0 saturated heterocycles. The van der Waals surface area contributed by atoms with Gasteiger partial charge >= 0.3 is 5.97 Å². The first-order chi connectivity index (χ1) is 14.8. The van der Waals surface area contributed by atoms with Gasteiger partial charge in [0.1, 0.15) is 0 Å². The number of hydrogen-bond donors (Lipinski definition) is 2. The van der Waals surface area contributed by atoms with Gasteiger partial charge in [-0.25, -0.2) is 13.4 Å². The van der Waals surface area contributed by atoms with Crippen LogP contribution in [0.1, 0.15) is 18.0 Å². The number of sulfonamides is 1. The number of carboxylic acid groups (broad SMARTS) is 1. The van der Waals surface area contributed by atoms with Gasteiger partial charge in [0.05, 0.1) is 40.4 Å². The smallest absolute Gasteiger partial charge is 0.305 e. The van der Waals surface area contributed by atoms with Gasteiger partial charge in [0.15, 0.2) is 0 Å². The van der Waals surface area contributed by atoms with Crippen LogP contribution in [0.4, 0.5) is 5.69 Å². The molecule has 1 unspecified atom stereocenters. The Morgan fingerprint density at radius 3 is 2.45 bits per heavy atom. The minimum atomic E-state index is -3.75. The lowest BCUT2D eigenvalue weighted by Crippen LogP contribution is -2.14. The van der Waals surface area contributed by atoms with E-state index < -0.39 is 22.0 Å². The van der Waals surface area contributed by atoms with E-state index in [0.717, 1.165) is 10.0 Å². The summed E-state index contributed by atoms with van der Waals surface area (Å²) in [7, 11) is -3.75. The molecule has 9 heteroatoms. The summed E-state index contributed by atoms with van der Waals surface area (Å²) in [5, 5.41) is 9.40. The van der Waals surface area contributed by atoms with Crippen molar-refractivity contribution in [3.63, 3.8) is 0 Å². The van der Waals surface area contributed by atoms with E-state index in [1.807, 2.05) is 30.3 Å². The van der Waals surface area contributed by atoms with E-state index in [0.29, 0.717) is 16.7 Å². The third-order valence-corrected chi connectivity index (χ3v) is 6.76. The summed E-state index contributed by atoms with van der Waals surface area (Å²) in [6, 6.07) is 20.2. The standard InChI is InChI=1S/C22H18BrN3O4S/c23-16-6-9-18(10-7-16)31(29,30)25-17-8-11-20-19(12-17)24-14-26(20)21(13-22(27)28)15-4-2-1-3-5-15/h1-12,14,21,25H,13H2,(H,27,28). The number of hydrogen-bond acceptors (Lipinski definition) is 4. The van der Waals surface area contributed by atoms with Crippen LogP contribution in [0.5, 0.6) is 0 Å². The average molecular weight is 500 g/mol. The SMILES string of the molecule is O=C(O)CC(c1ccccc1)n1cnc2cc(NS(=O)(=O)c3ccc(Br)cc3)ccc21. The zero-order valence-electron chi connectivity index (χ0n) is 16.1. The molecule has 0 aliphatic carbocycles. The summed E-state index contributed by atoms with van der Waals surface area (Å²) < 4.78 is 30.4. The second-order valence-electron chi connectivity index (χ2n) is 6.94. The molecule has 158 valence electrons. The minimum Gasteiger partial charge on any atom is -0.481 e. The van der Waals surface area contributed by atoms with Gasteiger partial charge in [0.25, 0.3) is 10.0 Å². The average Bonchev–Trinajstić information content (AvgIpc) is 3.15. The molecular weight excluding hydrogens is 482 g/mol. The Kier molecular flexibility index (Phi) is 5.79. The summed E-state index contributed by atoms with van der Waals surface area (Å²) in [5.41, 5.74) is 2.49. The number of carboxylic acids is 1. The Morgan fingerprint density at radius 2 is 1.77 bits per heavy atom. The second kappa shape index (κ2) is 8.52. The normalized spacial score (nSPS) is 12.5. The highest BCUT2D eigenvalue weighted by molar-refractivity contribution is 9.10. The summed E-state index contributed by atoms with van der Waals surface area (Å²) in [4.78, 5) is 16.0. The number of aromatic nitrogens is 2. The van der Waals surface area contributed by atoms with Crippen LogP contribution >= 0.6 is 15.9 Å². The lowest BCUT2D eigenvalue weighted by Gasteiger charge is -2.18. The van der Waals surface area contributed by atoms with Crippen molar-refractivity contribution in [1.29, 1.82) is 0 Å². The molecule has 1 heterocycles. The van der Waals surface area contributed by atoms with E-state index in [-0.39, 0.29) is 11.3 Å². The Morgan fingerprint density at radius 1 is 1.06 bits per heavy atom. The fraction of sp³-hybridized carbons (Fsp3) is 0.0909. The van der Waals surface area contributed by atoms with Crippen molar-refractivity contribution in [2.24, 2.45) is 0 Å². The molecule has 0 amide bonds. The van der Waals surface area contributed by atoms with Crippen molar-refractivity contribution in [1.82, 2.24) is 9.55 Å². The van der Waals surface area contributed by atoms with E-state index in [1.165, 1.54) is 12.1 Å². The van der Waals surface area contributed by atoms with Crippen LogP contribution in [0.25, 0.3) is 11.0 Å². The number of carbonyl (C=O) groups is 1. The van der Waals surface area contributed by atoms with Gasteiger partial charge in [0, 0.05) is 4.47 Å². The van der Waals surface area contributed by atoms with Crippen LogP contribution in [0, 0.1) is 0 Å². The van der Waals surface area contributed by atoms with Gasteiger partial charge in [-0.3, -0.25) is 9.52 Å². The Balaban J connectivity index is 1.67. The molecule has 0 fully saturated rings. The van der Waals surface area contributed by atoms with Crippen molar-refractivity contribution in [2.45, 2.75) is 17.4 Å². The molecule has 0 spiro atoms. The van der Waals surface area contributed by atoms with Gasteiger partial charge < -0.3 is 9.67 Å². The maximum atomic E-state index is 12.7. The number of benzene rings is 3. The van der Waals surface area contributed by atoms with Crippen LogP contribution in [0.3, 0.4) is 0 Å². The number of nitrogens with one attached hydrogen (secondary N) is 1. The van der Waals surface area contributed by atoms with Crippen molar-refractivity contribution in [3.8, 4) is 0 Å². The predicted octanol–water partition coefficient (Wildman–Crippen LogP) is 4.66. The monoisotopic (exact) mass is 499 g/mol. The number of imidazole rings is 1. The zero-order valence-corrected chi connectivity index (χ0v) is 18.5. The molecule has 2 N–H and O–H groups in total. The van der Waals surface area contributed by atoms with E-state index in [4.69, 9.17) is 0 Å². The van der Waals surface area contributed by atoms with E-state index in [2.05, 4.69) is 25.6 Å². The highest BCUT2D eigenvalue weighted by Gasteiger charge is 2.20. The first kappa shape index (κ1) is 21.1. The summed E-state index contributed by atoms with van der Waals surface area (Å²) in [6.45, 7) is 0. The lowest BCUT2D eigenvalue weighted by atomic mass is 10.0. The molecule has 1 atom stereocenters. The number of aliphatic carboxylic acids is 1. The van der Waals surface area contributed by atoms with Gasteiger partial charge in [-0.15, -0.1) is 0 Å². The fourth-order valence-electron chi connectivity index (χ4n) is 3.39. The molecule has 31 heavy (non-hydrogen) atoms. The summed E-state index contributed by atoms with van der Waals surface area (Å²) in [5.74, 6) is -0.922. The van der Waals surface area contributed by atoms with Crippen molar-refractivity contribution in [2.75, 3.05) is 4.72 Å². The molecular formula is C22H18BrN3O4S. The molecule has 1 aromatic heterocycles. The van der Waals surface area contributed by atoms with E-state index in [1.54, 1.807) is 41.2 Å². The molecule has 0 radical (unpaired) electrons. The predicted molar refractivity (Wildman–Crippen MR) is 122 cm³/mol. The topological polar surface area (TPSA) is 101 Å². The molecule has 0 aliphatic rings. The number of halogens is 1. The zero-order chi connectivity index (χ0) is 22.0. The molecule has 4 rings (SSSR count). The lowest BCUT2D eigenvalue weighted by molar-refractivity contribution is -0.137. The van der Waals surface area contributed by atoms with Crippen LogP contribution in [-0.2, 0) is 14.8 Å². The highest BCUT2D eigenvalue weighted by atomic mass is 79.9. The highest BCUT2D eigenvalue weighted by Crippen LogP contribution is 2.28. The Labute approximate surface area is 187 Å². The third-order valence-electron chi connectivity index (χ3n) is 4.84. The first-order valence-corrected chi connectivity index (χ1v) is 11.6. The summed E-state index contributed by atoms with van der Waals surface area (Å²) >= 11 is 3.29. The second-order valence-corrected chi connectivity index (χ2v) is 9.54. The van der Waals surface area contributed by atoms with Gasteiger partial charge in [0.2, 0.25) is 0 Å². The third kappa shape index (κ3) is 4.62. The number of rotatable bonds is 7. The largest absolute Gasteiger partial charge is 0.481 e. The van der Waals surface area contributed by atoms with Crippen molar-refractivity contribution >= 4 is 48.6 Å². The van der Waals surface area contributed by atoms with Gasteiger partial charge in [-0.05, 0) is 48.0 Å². The van der Waals surface area contributed by atoms with Crippen LogP contribution in [-0.4, -0.2) is 29.0 Å². The van der Waals surface area contributed by atoms with Gasteiger partial charge in [-0.2, -0.15) is 0 Å². The molecule has 3 aromatic carbocycles. The molecule has 0 bridgehead atoms. The first-order valence-electron chi connectivity index (χ1n) is 9.35. The van der Waals surface area contributed by atoms with E-state index >= 15 is 0 Å². The number of anilines is 1. The van der Waals surface area contributed by atoms with Crippen molar-refractivity contribution < 1.29 is 18.3 Å². The molecule has 7 nitrogen and oxygen atoms in total. The van der Waals surface area contributed by atoms with Crippen LogP contribution < -0.4 is 4.72 Å². The maximum Gasteiger partial charge on any atom is 0.305 e. The van der Waals surface area contributed by atoms with Crippen LogP contribution in [0.2, 0.25) is 0 Å². The van der Waals surface area contributed by atoms with Crippen LogP contribution in [0.15, 0.2) is 88.5 Å². The Bertz CT molecular complexity index is 1340. The van der Waals surface area contributed by atoms with Gasteiger partial charge in [-0.1, -0.05) is 46.3 Å². The number of nitrogens with zero attached hydrogens (tertiary/aromatic N) is 2. The summed E-state index contributed by atoms with van der Waals surface area (Å²) in [6.07, 6.45) is 1.48. The Hall–Kier alpha value is -3.17. The molecule has 0 saturated carbocycles. The molecule has 0 aliphatic heterocycles. The van der Waals surface area contributed by atoms with Crippen molar-refractivity contribution in [3.05, 3.63) is 89.2 Å². The van der Waals surface area contributed by atoms with E-state index in [9.17, 15) is 18.3 Å². The quantitative estimate of drug-likeness (QED) is 0.384. The fourth-order valence-corrected chi connectivity index (χ4v) is 4.70. The minimum absolute atomic E-state index is 0.104. The number of fused-ring (bicyclic) bond motifs is 1.